The van der Waals surface area contributed by atoms with Gasteiger partial charge < -0.3 is 25.4 Å². The van der Waals surface area contributed by atoms with E-state index in [2.05, 4.69) is 39.3 Å². The number of nitrogens with zero attached hydrogens (tertiary/aromatic N) is 5. The van der Waals surface area contributed by atoms with Gasteiger partial charge in [-0.25, -0.2) is 4.79 Å². The van der Waals surface area contributed by atoms with Crippen molar-refractivity contribution in [2.75, 3.05) is 44.4 Å². The Bertz CT molecular complexity index is 1160. The van der Waals surface area contributed by atoms with Crippen LogP contribution in [0.25, 0.3) is 11.2 Å². The number of amides is 1. The van der Waals surface area contributed by atoms with Crippen LogP contribution < -0.4 is 15.8 Å². The van der Waals surface area contributed by atoms with Gasteiger partial charge in [0.25, 0.3) is 6.01 Å². The van der Waals surface area contributed by atoms with Gasteiger partial charge in [-0.2, -0.15) is 15.0 Å². The number of methoxy groups -OCH3 is 1. The van der Waals surface area contributed by atoms with Gasteiger partial charge >= 0.3 is 6.09 Å². The summed E-state index contributed by atoms with van der Waals surface area (Å²) < 4.78 is 13.1. The largest absolute Gasteiger partial charge is 0.468 e. The van der Waals surface area contributed by atoms with Gasteiger partial charge in [0.1, 0.15) is 6.61 Å². The molecule has 10 nitrogen and oxygen atoms in total. The normalized spacial score (nSPS) is 15.9. The number of aromatic nitrogens is 4. The highest BCUT2D eigenvalue weighted by Gasteiger charge is 2.24. The highest BCUT2D eigenvalue weighted by atomic mass is 16.6. The number of likely N-dealkylation sites (tertiary alicyclic amines) is 1. The molecule has 2 aromatic rings. The second kappa shape index (κ2) is 13.8. The van der Waals surface area contributed by atoms with E-state index in [-0.39, 0.29) is 6.09 Å². The number of aryl methyl sites for hydroxylation is 1. The van der Waals surface area contributed by atoms with E-state index in [1.165, 1.54) is 0 Å². The molecule has 0 aromatic carbocycles. The molecule has 0 saturated carbocycles. The Kier molecular flexibility index (Phi) is 10.0. The Balaban J connectivity index is 1.22. The Morgan fingerprint density at radius 3 is 2.79 bits per heavy atom. The number of carbonyl (C=O) groups is 1. The second-order valence-corrected chi connectivity index (χ2v) is 9.92. The van der Waals surface area contributed by atoms with Gasteiger partial charge in [-0.3, -0.25) is 4.57 Å². The number of hydrogen-bond acceptors (Lipinski definition) is 8. The summed E-state index contributed by atoms with van der Waals surface area (Å²) in [5.74, 6) is 1.50. The predicted octanol–water partition coefficient (Wildman–Crippen LogP) is 5.09. The third kappa shape index (κ3) is 7.26. The van der Waals surface area contributed by atoms with Gasteiger partial charge in [-0.05, 0) is 43.6 Å². The third-order valence-corrected chi connectivity index (χ3v) is 7.11. The lowest BCUT2D eigenvalue weighted by molar-refractivity contribution is 0.0937. The fourth-order valence-corrected chi connectivity index (χ4v) is 4.88. The average Bonchev–Trinajstić information content (AvgIpc) is 3.08. The molecule has 3 N–H and O–H groups in total. The Morgan fingerprint density at radius 2 is 2.00 bits per heavy atom. The zero-order valence-electron chi connectivity index (χ0n) is 22.7. The minimum absolute atomic E-state index is 0.213. The van der Waals surface area contributed by atoms with Crippen LogP contribution in [0.5, 0.6) is 6.01 Å². The number of rotatable bonds is 12. The number of nitrogens with two attached hydrogens (primary N) is 1. The van der Waals surface area contributed by atoms with Crippen LogP contribution in [0.2, 0.25) is 0 Å². The number of ether oxygens (including phenoxy) is 2. The molecule has 4 rings (SSSR count). The van der Waals surface area contributed by atoms with E-state index in [1.807, 2.05) is 27.7 Å². The maximum Gasteiger partial charge on any atom is 0.410 e. The monoisotopic (exact) mass is 523 g/mol. The van der Waals surface area contributed by atoms with Gasteiger partial charge in [-0.15, -0.1) is 0 Å². The number of nitrogen functional groups attached to an aromatic ring is 1. The Morgan fingerprint density at radius 1 is 1.16 bits per heavy atom. The van der Waals surface area contributed by atoms with Gasteiger partial charge in [0.15, 0.2) is 17.0 Å². The fourth-order valence-electron chi connectivity index (χ4n) is 4.88. The van der Waals surface area contributed by atoms with E-state index in [1.54, 1.807) is 7.11 Å². The maximum atomic E-state index is 12.5. The molecule has 206 valence electrons. The summed E-state index contributed by atoms with van der Waals surface area (Å²) >= 11 is 0. The molecule has 0 unspecified atom stereocenters. The van der Waals surface area contributed by atoms with Crippen molar-refractivity contribution in [3.05, 3.63) is 36.0 Å². The summed E-state index contributed by atoms with van der Waals surface area (Å²) in [5, 5.41) is 3.25. The predicted molar refractivity (Wildman–Crippen MR) is 150 cm³/mol. The first kappa shape index (κ1) is 27.5. The molecule has 1 fully saturated rings. The lowest BCUT2D eigenvalue weighted by atomic mass is 9.92. The van der Waals surface area contributed by atoms with Crippen LogP contribution in [0.3, 0.4) is 0 Å². The molecule has 0 atom stereocenters. The van der Waals surface area contributed by atoms with E-state index >= 15 is 0 Å². The second-order valence-electron chi connectivity index (χ2n) is 9.92. The first-order valence-electron chi connectivity index (χ1n) is 13.8. The summed E-state index contributed by atoms with van der Waals surface area (Å²) in [6.07, 6.45) is 18.2. The molecule has 3 heterocycles. The lowest BCUT2D eigenvalue weighted by Crippen LogP contribution is -2.39. The van der Waals surface area contributed by atoms with E-state index in [4.69, 9.17) is 15.2 Å². The van der Waals surface area contributed by atoms with Gasteiger partial charge in [0.2, 0.25) is 5.95 Å². The molecule has 1 aliphatic carbocycles. The van der Waals surface area contributed by atoms with E-state index < -0.39 is 0 Å². The van der Waals surface area contributed by atoms with Crippen molar-refractivity contribution in [1.82, 2.24) is 24.4 Å². The number of hydrogen-bond donors (Lipinski definition) is 2. The summed E-state index contributed by atoms with van der Waals surface area (Å²) in [6, 6.07) is 0.504. The van der Waals surface area contributed by atoms with Crippen molar-refractivity contribution in [3.8, 4) is 6.01 Å². The number of piperidine rings is 1. The molecule has 1 aliphatic heterocycles. The highest BCUT2D eigenvalue weighted by Crippen LogP contribution is 2.27. The van der Waals surface area contributed by atoms with Gasteiger partial charge in [-0.1, -0.05) is 56.6 Å². The first-order valence-corrected chi connectivity index (χ1v) is 13.8. The van der Waals surface area contributed by atoms with Crippen LogP contribution in [0.15, 0.2) is 36.0 Å². The summed E-state index contributed by atoms with van der Waals surface area (Å²) in [7, 11) is 1.61. The maximum absolute atomic E-state index is 12.5. The molecule has 0 spiro atoms. The number of anilines is 2. The van der Waals surface area contributed by atoms with Crippen molar-refractivity contribution in [2.24, 2.45) is 5.92 Å². The lowest BCUT2D eigenvalue weighted by Gasteiger charge is -2.31. The number of imidazole rings is 1. The van der Waals surface area contributed by atoms with E-state index in [9.17, 15) is 4.79 Å². The molecule has 1 saturated heterocycles. The minimum atomic E-state index is -0.213. The van der Waals surface area contributed by atoms with Crippen LogP contribution in [-0.4, -0.2) is 63.9 Å². The number of carbonyl (C=O) groups excluding carboxylic acids is 1. The number of nitrogens with one attached hydrogen (secondary N) is 1. The zero-order valence-corrected chi connectivity index (χ0v) is 22.7. The summed E-state index contributed by atoms with van der Waals surface area (Å²) in [5.41, 5.74) is 8.47. The SMILES string of the molecule is CCCCNc1nc(N)c2nc(OC)n(CCCCC3CCN(C(=O)OCC4=CC=CCC=C4)CC3)c2n1. The zero-order chi connectivity index (χ0) is 26.7. The van der Waals surface area contributed by atoms with Crippen LogP contribution in [0, 0.1) is 5.92 Å². The van der Waals surface area contributed by atoms with Crippen molar-refractivity contribution in [3.63, 3.8) is 0 Å². The molecule has 2 aromatic heterocycles. The van der Waals surface area contributed by atoms with Crippen molar-refractivity contribution < 1.29 is 14.3 Å². The molecular weight excluding hydrogens is 482 g/mol. The van der Waals surface area contributed by atoms with Crippen molar-refractivity contribution in [1.29, 1.82) is 0 Å². The van der Waals surface area contributed by atoms with Crippen LogP contribution in [0.4, 0.5) is 16.6 Å². The molecule has 38 heavy (non-hydrogen) atoms. The molecule has 0 radical (unpaired) electrons. The highest BCUT2D eigenvalue weighted by molar-refractivity contribution is 5.84. The van der Waals surface area contributed by atoms with Crippen molar-refractivity contribution >= 4 is 29.0 Å². The standard InChI is InChI=1S/C28H41N7O3/c1-3-4-16-30-26-32-24(29)23-25(33-26)35(27(31-23)37-2)17-10-9-11-21-14-18-34(19-15-21)28(36)38-20-22-12-7-5-6-8-13-22/h5,7-8,12-13,21H,3-4,6,9-11,14-20H2,1-2H3,(H3,29,30,32,33). The Hall–Kier alpha value is -3.56. The van der Waals surface area contributed by atoms with Gasteiger partial charge in [0.05, 0.1) is 7.11 Å². The van der Waals surface area contributed by atoms with E-state index in [0.717, 1.165) is 83.1 Å². The minimum Gasteiger partial charge on any atom is -0.468 e. The quantitative estimate of drug-likeness (QED) is 0.369. The third-order valence-electron chi connectivity index (χ3n) is 7.11. The average molecular weight is 524 g/mol. The smallest absolute Gasteiger partial charge is 0.410 e. The van der Waals surface area contributed by atoms with Gasteiger partial charge in [0, 0.05) is 26.2 Å². The van der Waals surface area contributed by atoms with Crippen molar-refractivity contribution in [2.45, 2.75) is 64.8 Å². The molecule has 10 heteroatoms. The van der Waals surface area contributed by atoms with Crippen LogP contribution in [-0.2, 0) is 11.3 Å². The summed E-state index contributed by atoms with van der Waals surface area (Å²) in [4.78, 5) is 27.9. The molecular formula is C28H41N7O3. The molecule has 1 amide bonds. The molecule has 2 aliphatic rings. The number of fused-ring (bicyclic) bond motifs is 1. The Labute approximate surface area is 225 Å². The van der Waals surface area contributed by atoms with E-state index in [0.29, 0.717) is 41.5 Å². The van der Waals surface area contributed by atoms with Crippen LogP contribution >= 0.6 is 0 Å². The van der Waals surface area contributed by atoms with Crippen LogP contribution in [0.1, 0.15) is 58.3 Å². The summed E-state index contributed by atoms with van der Waals surface area (Å²) in [6.45, 7) is 5.51. The topological polar surface area (TPSA) is 120 Å². The fraction of sp³-hybridized carbons (Fsp3) is 0.571. The number of allylic oxidation sites excluding steroid dienone is 4. The number of unbranched alkanes of at least 4 members (excludes halogenated alkanes) is 2. The molecule has 0 bridgehead atoms. The first-order chi connectivity index (χ1) is 18.6.